The largest absolute Gasteiger partial charge is 0.396 e. The lowest BCUT2D eigenvalue weighted by Crippen LogP contribution is -2.19. The molecule has 0 spiro atoms. The molecule has 0 bridgehead atoms. The summed E-state index contributed by atoms with van der Waals surface area (Å²) in [4.78, 5) is 12.5. The number of carbonyl (C=O) groups excluding carboxylic acids is 1. The molecule has 0 radical (unpaired) electrons. The minimum absolute atomic E-state index is 0.147. The molecule has 0 aromatic heterocycles. The Kier molecular flexibility index (Phi) is 3.71. The van der Waals surface area contributed by atoms with Gasteiger partial charge in [0.25, 0.3) is 0 Å². The number of aliphatic hydroxyl groups is 1. The molecule has 5 heteroatoms. The number of fused-ring (bicyclic) bond motifs is 1. The van der Waals surface area contributed by atoms with Gasteiger partial charge in [-0.05, 0) is 18.1 Å². The van der Waals surface area contributed by atoms with Crippen LogP contribution in [0.5, 0.6) is 0 Å². The third-order valence-electron chi connectivity index (χ3n) is 2.75. The van der Waals surface area contributed by atoms with Crippen LogP contribution >= 0.6 is 11.8 Å². The molecule has 4 nitrogen and oxygen atoms in total. The van der Waals surface area contributed by atoms with Crippen LogP contribution in [0.3, 0.4) is 0 Å². The van der Waals surface area contributed by atoms with Gasteiger partial charge in [-0.3, -0.25) is 4.79 Å². The fraction of sp³-hybridized carbons (Fsp3) is 0.417. The number of rotatable bonds is 4. The van der Waals surface area contributed by atoms with E-state index in [1.807, 2.05) is 25.1 Å². The fourth-order valence-electron chi connectivity index (χ4n) is 1.65. The quantitative estimate of drug-likeness (QED) is 0.707. The first-order valence-electron chi connectivity index (χ1n) is 5.56. The van der Waals surface area contributed by atoms with Gasteiger partial charge < -0.3 is 16.2 Å². The maximum atomic E-state index is 11.4. The molecule has 4 N–H and O–H groups in total. The third kappa shape index (κ3) is 2.62. The van der Waals surface area contributed by atoms with Crippen molar-refractivity contribution in [1.82, 2.24) is 0 Å². The smallest absolute Gasteiger partial charge is 0.245 e. The molecule has 1 heterocycles. The van der Waals surface area contributed by atoms with Crippen LogP contribution < -0.4 is 11.1 Å². The highest BCUT2D eigenvalue weighted by Gasteiger charge is 2.26. The molecule has 0 saturated heterocycles. The van der Waals surface area contributed by atoms with Crippen LogP contribution in [0.25, 0.3) is 0 Å². The van der Waals surface area contributed by atoms with E-state index in [9.17, 15) is 4.79 Å². The number of hydrogen-bond donors (Lipinski definition) is 3. The molecule has 2 rings (SSSR count). The van der Waals surface area contributed by atoms with Gasteiger partial charge in [0.1, 0.15) is 6.04 Å². The van der Waals surface area contributed by atoms with Gasteiger partial charge in [-0.2, -0.15) is 0 Å². The summed E-state index contributed by atoms with van der Waals surface area (Å²) >= 11 is 1.67. The highest BCUT2D eigenvalue weighted by molar-refractivity contribution is 7.99. The van der Waals surface area contributed by atoms with Gasteiger partial charge >= 0.3 is 0 Å². The van der Waals surface area contributed by atoms with Crippen LogP contribution in [0.4, 0.5) is 5.69 Å². The lowest BCUT2D eigenvalue weighted by molar-refractivity contribution is -0.116. The Labute approximate surface area is 105 Å². The van der Waals surface area contributed by atoms with E-state index >= 15 is 0 Å². The summed E-state index contributed by atoms with van der Waals surface area (Å²) in [6.45, 7) is 2.19. The Morgan fingerprint density at radius 2 is 2.35 bits per heavy atom. The van der Waals surface area contributed by atoms with E-state index in [0.717, 1.165) is 21.9 Å². The summed E-state index contributed by atoms with van der Waals surface area (Å²) in [6.07, 6.45) is 0. The Bertz CT molecular complexity index is 437. The minimum Gasteiger partial charge on any atom is -0.396 e. The highest BCUT2D eigenvalue weighted by Crippen LogP contribution is 2.33. The molecule has 1 aromatic rings. The van der Waals surface area contributed by atoms with E-state index in [-0.39, 0.29) is 18.4 Å². The summed E-state index contributed by atoms with van der Waals surface area (Å²) in [6, 6.07) is 5.26. The number of hydrogen-bond acceptors (Lipinski definition) is 4. The molecule has 0 aliphatic carbocycles. The minimum atomic E-state index is -0.541. The number of anilines is 1. The average Bonchev–Trinajstić information content (AvgIpc) is 2.62. The summed E-state index contributed by atoms with van der Waals surface area (Å²) in [7, 11) is 0. The molecule has 2 unspecified atom stereocenters. The van der Waals surface area contributed by atoms with Gasteiger partial charge in [-0.25, -0.2) is 0 Å². The van der Waals surface area contributed by atoms with E-state index in [4.69, 9.17) is 10.8 Å². The molecule has 0 fully saturated rings. The number of thioether (sulfide) groups is 1. The zero-order chi connectivity index (χ0) is 12.4. The Morgan fingerprint density at radius 3 is 3.06 bits per heavy atom. The van der Waals surface area contributed by atoms with E-state index in [1.165, 1.54) is 0 Å². The van der Waals surface area contributed by atoms with Crippen molar-refractivity contribution in [3.05, 3.63) is 23.8 Å². The van der Waals surface area contributed by atoms with Crippen LogP contribution in [0, 0.1) is 5.92 Å². The lowest BCUT2D eigenvalue weighted by atomic mass is 10.1. The SMILES string of the molecule is CC(CO)CSc1ccc2c(c1)NC(=O)C2N. The maximum Gasteiger partial charge on any atom is 0.245 e. The van der Waals surface area contributed by atoms with E-state index in [0.29, 0.717) is 0 Å². The van der Waals surface area contributed by atoms with Crippen LogP contribution in [0.2, 0.25) is 0 Å². The Hall–Kier alpha value is -1.04. The first kappa shape index (κ1) is 12.4. The van der Waals surface area contributed by atoms with Crippen LogP contribution in [0.1, 0.15) is 18.5 Å². The topological polar surface area (TPSA) is 75.3 Å². The van der Waals surface area contributed by atoms with Crippen molar-refractivity contribution in [3.63, 3.8) is 0 Å². The molecule has 2 atom stereocenters. The normalized spacial score (nSPS) is 19.9. The van der Waals surface area contributed by atoms with Gasteiger partial charge in [-0.1, -0.05) is 13.0 Å². The van der Waals surface area contributed by atoms with Crippen molar-refractivity contribution in [2.75, 3.05) is 17.7 Å². The Balaban J connectivity index is 2.08. The zero-order valence-corrected chi connectivity index (χ0v) is 10.5. The second-order valence-electron chi connectivity index (χ2n) is 4.31. The maximum absolute atomic E-state index is 11.4. The number of nitrogens with one attached hydrogen (secondary N) is 1. The molecular weight excluding hydrogens is 236 g/mol. The standard InChI is InChI=1S/C12H16N2O2S/c1-7(5-15)6-17-8-2-3-9-10(4-8)14-12(16)11(9)13/h2-4,7,11,15H,5-6,13H2,1H3,(H,14,16). The van der Waals surface area contributed by atoms with Crippen molar-refractivity contribution in [2.24, 2.45) is 11.7 Å². The zero-order valence-electron chi connectivity index (χ0n) is 9.64. The Morgan fingerprint density at radius 1 is 1.59 bits per heavy atom. The molecule has 92 valence electrons. The third-order valence-corrected chi connectivity index (χ3v) is 4.07. The van der Waals surface area contributed by atoms with E-state index in [1.54, 1.807) is 11.8 Å². The first-order valence-corrected chi connectivity index (χ1v) is 6.54. The molecule has 1 amide bonds. The number of amides is 1. The predicted molar refractivity (Wildman–Crippen MR) is 69.0 cm³/mol. The fourth-order valence-corrected chi connectivity index (χ4v) is 2.60. The highest BCUT2D eigenvalue weighted by atomic mass is 32.2. The van der Waals surface area contributed by atoms with Crippen LogP contribution in [0.15, 0.2) is 23.1 Å². The van der Waals surface area contributed by atoms with Crippen molar-refractivity contribution in [3.8, 4) is 0 Å². The lowest BCUT2D eigenvalue weighted by Gasteiger charge is -2.08. The summed E-state index contributed by atoms with van der Waals surface area (Å²) < 4.78 is 0. The van der Waals surface area contributed by atoms with Gasteiger partial charge in [0.2, 0.25) is 5.91 Å². The molecule has 1 aliphatic rings. The molecule has 17 heavy (non-hydrogen) atoms. The second-order valence-corrected chi connectivity index (χ2v) is 5.41. The van der Waals surface area contributed by atoms with Crippen molar-refractivity contribution in [1.29, 1.82) is 0 Å². The predicted octanol–water partition coefficient (Wildman–Crippen LogP) is 1.36. The second kappa shape index (κ2) is 5.08. The van der Waals surface area contributed by atoms with Crippen molar-refractivity contribution in [2.45, 2.75) is 17.9 Å². The van der Waals surface area contributed by atoms with E-state index in [2.05, 4.69) is 5.32 Å². The first-order chi connectivity index (χ1) is 8.11. The van der Waals surface area contributed by atoms with Crippen LogP contribution in [-0.4, -0.2) is 23.4 Å². The molecular formula is C12H16N2O2S. The van der Waals surface area contributed by atoms with Gasteiger partial charge in [0.15, 0.2) is 0 Å². The summed E-state index contributed by atoms with van der Waals surface area (Å²) in [5, 5.41) is 11.7. The summed E-state index contributed by atoms with van der Waals surface area (Å²) in [5.41, 5.74) is 7.40. The molecule has 1 aliphatic heterocycles. The van der Waals surface area contributed by atoms with Gasteiger partial charge in [0.05, 0.1) is 0 Å². The molecule has 1 aromatic carbocycles. The monoisotopic (exact) mass is 252 g/mol. The van der Waals surface area contributed by atoms with E-state index < -0.39 is 6.04 Å². The van der Waals surface area contributed by atoms with Crippen LogP contribution in [-0.2, 0) is 4.79 Å². The van der Waals surface area contributed by atoms with Crippen molar-refractivity contribution >= 4 is 23.4 Å². The number of benzene rings is 1. The number of carbonyl (C=O) groups is 1. The van der Waals surface area contributed by atoms with Gasteiger partial charge in [-0.15, -0.1) is 11.8 Å². The van der Waals surface area contributed by atoms with Gasteiger partial charge in [0, 0.05) is 28.5 Å². The summed E-state index contributed by atoms with van der Waals surface area (Å²) in [5.74, 6) is 0.978. The average molecular weight is 252 g/mol. The molecule has 0 saturated carbocycles. The van der Waals surface area contributed by atoms with Crippen molar-refractivity contribution < 1.29 is 9.90 Å². The number of nitrogens with two attached hydrogens (primary N) is 1. The number of aliphatic hydroxyl groups excluding tert-OH is 1.